The fourth-order valence-corrected chi connectivity index (χ4v) is 4.17. The number of ether oxygens (including phenoxy) is 1. The van der Waals surface area contributed by atoms with Crippen molar-refractivity contribution < 1.29 is 39.6 Å². The van der Waals surface area contributed by atoms with E-state index in [2.05, 4.69) is 19.3 Å². The van der Waals surface area contributed by atoms with Crippen molar-refractivity contribution in [2.75, 3.05) is 6.61 Å². The second-order valence-corrected chi connectivity index (χ2v) is 9.47. The van der Waals surface area contributed by atoms with E-state index in [-0.39, 0.29) is 56.0 Å². The van der Waals surface area contributed by atoms with Crippen molar-refractivity contribution in [1.82, 2.24) is 19.5 Å². The molecule has 0 saturated heterocycles. The van der Waals surface area contributed by atoms with Gasteiger partial charge in [0.05, 0.1) is 20.6 Å². The van der Waals surface area contributed by atoms with Crippen molar-refractivity contribution in [3.63, 3.8) is 0 Å². The fraction of sp³-hybridized carbons (Fsp3) is 0.211. The number of hydrogen-bond donors (Lipinski definition) is 0. The van der Waals surface area contributed by atoms with E-state index >= 15 is 0 Å². The van der Waals surface area contributed by atoms with E-state index in [0.717, 1.165) is 16.7 Å². The minimum atomic E-state index is -4.91. The highest BCUT2D eigenvalue weighted by Crippen LogP contribution is 2.37. The molecule has 0 aliphatic carbocycles. The van der Waals surface area contributed by atoms with Gasteiger partial charge in [-0.1, -0.05) is 40.0 Å². The summed E-state index contributed by atoms with van der Waals surface area (Å²) in [6.45, 7) is 0.979. The van der Waals surface area contributed by atoms with E-state index in [9.17, 15) is 26.1 Å². The van der Waals surface area contributed by atoms with Crippen LogP contribution in [0.15, 0.2) is 35.1 Å². The number of fused-ring (bicyclic) bond motifs is 1. The van der Waals surface area contributed by atoms with Gasteiger partial charge < -0.3 is 18.2 Å². The van der Waals surface area contributed by atoms with Gasteiger partial charge in [0.2, 0.25) is 16.2 Å². The van der Waals surface area contributed by atoms with Crippen molar-refractivity contribution in [3.8, 4) is 28.7 Å². The molecule has 0 aliphatic rings. The van der Waals surface area contributed by atoms with Crippen LogP contribution in [0.4, 0.5) is 13.2 Å². The Labute approximate surface area is 215 Å². The summed E-state index contributed by atoms with van der Waals surface area (Å²) in [5.41, 5.74) is -0.643. The molecule has 0 saturated carbocycles. The lowest BCUT2D eigenvalue weighted by Gasteiger charge is -2.16. The number of hydrogen-bond acceptors (Lipinski definition) is 9. The summed E-state index contributed by atoms with van der Waals surface area (Å²) in [5.74, 6) is -0.0873. The molecule has 4 aromatic rings. The molecule has 0 radical (unpaired) electrons. The molecular weight excluding hydrogens is 576 g/mol. The third kappa shape index (κ3) is 5.85. The number of benzene rings is 1. The first-order valence-electron chi connectivity index (χ1n) is 9.57. The molecule has 0 bridgehead atoms. The summed E-state index contributed by atoms with van der Waals surface area (Å²) in [5, 5.41) is 3.68. The largest absolute Gasteiger partial charge is 0.726 e. The SMILES string of the molecule is C[C@H](COc1cc(Cl)c(-c2noc(-c3cn4cc(C(F)(F)F)cc(Cl)c4n3)n2)cc1Cl)OS(=O)(=O)[O-]. The van der Waals surface area contributed by atoms with Crippen molar-refractivity contribution in [3.05, 3.63) is 51.2 Å². The summed E-state index contributed by atoms with van der Waals surface area (Å²) in [6.07, 6.45) is -3.63. The van der Waals surface area contributed by atoms with Gasteiger partial charge >= 0.3 is 6.18 Å². The lowest BCUT2D eigenvalue weighted by molar-refractivity contribution is -0.137. The smallest absolute Gasteiger partial charge is 0.417 e. The van der Waals surface area contributed by atoms with Crippen LogP contribution in [0, 0.1) is 0 Å². The first-order valence-corrected chi connectivity index (χ1v) is 12.0. The topological polar surface area (TPSA) is 132 Å². The molecule has 17 heteroatoms. The Kier molecular flexibility index (Phi) is 7.11. The summed E-state index contributed by atoms with van der Waals surface area (Å²) in [6, 6.07) is 3.40. The number of halogens is 6. The number of pyridine rings is 1. The molecule has 3 heterocycles. The molecule has 192 valence electrons. The predicted octanol–water partition coefficient (Wildman–Crippen LogP) is 5.27. The number of rotatable bonds is 7. The van der Waals surface area contributed by atoms with Gasteiger partial charge in [-0.2, -0.15) is 18.2 Å². The number of aromatic nitrogens is 4. The van der Waals surface area contributed by atoms with Crippen LogP contribution in [-0.2, 0) is 20.8 Å². The molecule has 36 heavy (non-hydrogen) atoms. The van der Waals surface area contributed by atoms with E-state index in [0.29, 0.717) is 0 Å². The highest BCUT2D eigenvalue weighted by molar-refractivity contribution is 7.80. The van der Waals surface area contributed by atoms with E-state index < -0.39 is 28.2 Å². The molecule has 0 fully saturated rings. The van der Waals surface area contributed by atoms with Gasteiger partial charge in [0.1, 0.15) is 24.2 Å². The third-order valence-electron chi connectivity index (χ3n) is 4.50. The molecular formula is C19H11Cl3F3N4O6S-. The van der Waals surface area contributed by atoms with E-state index in [1.165, 1.54) is 25.3 Å². The van der Waals surface area contributed by atoms with Gasteiger partial charge in [-0.25, -0.2) is 13.4 Å². The van der Waals surface area contributed by atoms with Crippen molar-refractivity contribution in [1.29, 1.82) is 0 Å². The Bertz CT molecular complexity index is 1560. The predicted molar refractivity (Wildman–Crippen MR) is 120 cm³/mol. The van der Waals surface area contributed by atoms with Crippen molar-refractivity contribution in [2.24, 2.45) is 0 Å². The summed E-state index contributed by atoms with van der Waals surface area (Å²) in [4.78, 5) is 8.31. The molecule has 0 N–H and O–H groups in total. The minimum absolute atomic E-state index is 0.0169. The Balaban J connectivity index is 1.59. The fourth-order valence-electron chi connectivity index (χ4n) is 3.00. The molecule has 0 aliphatic heterocycles. The van der Waals surface area contributed by atoms with Gasteiger partial charge in [0.25, 0.3) is 5.89 Å². The number of alkyl halides is 3. The number of imidazole rings is 1. The first-order chi connectivity index (χ1) is 16.7. The standard InChI is InChI=1S/C19H12Cl3F3N4O6S/c1-8(35-36(30,31)32)7-33-15-4-11(20)10(3-12(15)21)16-27-18(34-28-16)14-6-29-5-9(19(23,24)25)2-13(22)17(29)26-14/h2-6,8H,7H2,1H3,(H,30,31,32)/p-1/t8-/m1/s1. The lowest BCUT2D eigenvalue weighted by Crippen LogP contribution is -2.21. The highest BCUT2D eigenvalue weighted by atomic mass is 35.5. The van der Waals surface area contributed by atoms with Crippen LogP contribution in [0.3, 0.4) is 0 Å². The molecule has 0 amide bonds. The maximum atomic E-state index is 13.1. The molecule has 3 aromatic heterocycles. The van der Waals surface area contributed by atoms with Gasteiger partial charge in [-0.15, -0.1) is 0 Å². The summed E-state index contributed by atoms with van der Waals surface area (Å²) >= 11 is 18.4. The van der Waals surface area contributed by atoms with Gasteiger partial charge in [0, 0.05) is 24.0 Å². The molecule has 10 nitrogen and oxygen atoms in total. The van der Waals surface area contributed by atoms with Crippen LogP contribution in [0.25, 0.3) is 28.6 Å². The highest BCUT2D eigenvalue weighted by Gasteiger charge is 2.32. The molecule has 4 rings (SSSR count). The van der Waals surface area contributed by atoms with Crippen LogP contribution < -0.4 is 4.74 Å². The van der Waals surface area contributed by atoms with Crippen LogP contribution in [0.2, 0.25) is 15.1 Å². The maximum absolute atomic E-state index is 13.1. The van der Waals surface area contributed by atoms with E-state index in [4.69, 9.17) is 44.1 Å². The van der Waals surface area contributed by atoms with Crippen molar-refractivity contribution >= 4 is 50.8 Å². The van der Waals surface area contributed by atoms with Gasteiger partial charge in [0.15, 0.2) is 5.65 Å². The average molecular weight is 587 g/mol. The zero-order valence-electron chi connectivity index (χ0n) is 17.6. The second-order valence-electron chi connectivity index (χ2n) is 7.24. The normalized spacial score (nSPS) is 13.3. The Morgan fingerprint density at radius 3 is 2.50 bits per heavy atom. The molecule has 1 atom stereocenters. The summed E-state index contributed by atoms with van der Waals surface area (Å²) in [7, 11) is -4.91. The van der Waals surface area contributed by atoms with Crippen LogP contribution in [-0.4, -0.2) is 45.2 Å². The molecule has 0 unspecified atom stereocenters. The Hall–Kier alpha value is -2.62. The van der Waals surface area contributed by atoms with Crippen LogP contribution in [0.1, 0.15) is 12.5 Å². The number of nitrogens with zero attached hydrogens (tertiary/aromatic N) is 4. The lowest BCUT2D eigenvalue weighted by atomic mass is 10.2. The molecule has 1 aromatic carbocycles. The minimum Gasteiger partial charge on any atom is -0.726 e. The summed E-state index contributed by atoms with van der Waals surface area (Å²) < 4.78 is 87.0. The average Bonchev–Trinajstić information content (AvgIpc) is 3.39. The van der Waals surface area contributed by atoms with Crippen molar-refractivity contribution in [2.45, 2.75) is 19.2 Å². The second kappa shape index (κ2) is 9.68. The zero-order valence-corrected chi connectivity index (χ0v) is 20.7. The Morgan fingerprint density at radius 1 is 1.11 bits per heavy atom. The maximum Gasteiger partial charge on any atom is 0.417 e. The van der Waals surface area contributed by atoms with Gasteiger partial charge in [-0.05, 0) is 19.1 Å². The first kappa shape index (κ1) is 26.4. The van der Waals surface area contributed by atoms with Crippen LogP contribution in [0.5, 0.6) is 5.75 Å². The van der Waals surface area contributed by atoms with E-state index in [1.807, 2.05) is 0 Å². The zero-order chi connectivity index (χ0) is 26.4. The molecule has 0 spiro atoms. The monoisotopic (exact) mass is 585 g/mol. The van der Waals surface area contributed by atoms with Crippen LogP contribution >= 0.6 is 34.8 Å². The third-order valence-corrected chi connectivity index (χ3v) is 5.95. The quantitative estimate of drug-likeness (QED) is 0.210. The Morgan fingerprint density at radius 2 is 1.83 bits per heavy atom. The van der Waals surface area contributed by atoms with E-state index in [1.54, 1.807) is 0 Å². The van der Waals surface area contributed by atoms with Gasteiger partial charge in [-0.3, -0.25) is 4.18 Å².